The Labute approximate surface area is 57.6 Å². The summed E-state index contributed by atoms with van der Waals surface area (Å²) in [4.78, 5) is 10.5. The molecule has 1 unspecified atom stereocenters. The van der Waals surface area contributed by atoms with Crippen molar-refractivity contribution < 1.29 is 4.79 Å². The van der Waals surface area contributed by atoms with E-state index in [1.165, 1.54) is 0 Å². The van der Waals surface area contributed by atoms with Crippen LogP contribution in [0.1, 0.15) is 27.7 Å². The molecule has 0 spiro atoms. The molecule has 2 nitrogen and oxygen atoms in total. The normalized spacial score (nSPS) is 11.9. The molecule has 2 heteroatoms. The SMILES string of the molecule is C.CCC(NC)C(C)=O. The van der Waals surface area contributed by atoms with Crippen LogP contribution in [0.2, 0.25) is 0 Å². The van der Waals surface area contributed by atoms with Crippen molar-refractivity contribution >= 4 is 5.78 Å². The van der Waals surface area contributed by atoms with Gasteiger partial charge in [0.15, 0.2) is 0 Å². The standard InChI is InChI=1S/C6H13NO.CH4/c1-4-6(7-3)5(2)8;/h6-7H,4H2,1-3H3;1H4. The number of hydrogen-bond donors (Lipinski definition) is 1. The van der Waals surface area contributed by atoms with Gasteiger partial charge in [-0.2, -0.15) is 0 Å². The molecule has 0 saturated carbocycles. The van der Waals surface area contributed by atoms with Gasteiger partial charge in [0.1, 0.15) is 5.78 Å². The smallest absolute Gasteiger partial charge is 0.146 e. The molecule has 0 rings (SSSR count). The van der Waals surface area contributed by atoms with Crippen molar-refractivity contribution in [2.24, 2.45) is 0 Å². The lowest BCUT2D eigenvalue weighted by molar-refractivity contribution is -0.118. The summed E-state index contributed by atoms with van der Waals surface area (Å²) in [5.74, 6) is 0.218. The Morgan fingerprint density at radius 1 is 1.67 bits per heavy atom. The molecule has 1 atom stereocenters. The molecule has 0 radical (unpaired) electrons. The lowest BCUT2D eigenvalue weighted by Gasteiger charge is -2.07. The van der Waals surface area contributed by atoms with E-state index >= 15 is 0 Å². The molecule has 0 fully saturated rings. The van der Waals surface area contributed by atoms with Crippen LogP contribution >= 0.6 is 0 Å². The number of carbonyl (C=O) groups excluding carboxylic acids is 1. The summed E-state index contributed by atoms with van der Waals surface area (Å²) in [5.41, 5.74) is 0. The number of likely N-dealkylation sites (N-methyl/N-ethyl adjacent to an activating group) is 1. The molecule has 1 N–H and O–H groups in total. The van der Waals surface area contributed by atoms with Crippen molar-refractivity contribution in [3.8, 4) is 0 Å². The van der Waals surface area contributed by atoms with E-state index in [1.54, 1.807) is 14.0 Å². The zero-order valence-electron chi connectivity index (χ0n) is 5.69. The molecule has 0 amide bonds. The molecule has 0 heterocycles. The Balaban J connectivity index is 0. The van der Waals surface area contributed by atoms with Crippen molar-refractivity contribution in [2.45, 2.75) is 33.7 Å². The molecular weight excluding hydrogens is 114 g/mol. The van der Waals surface area contributed by atoms with Crippen LogP contribution in [0.4, 0.5) is 0 Å². The summed E-state index contributed by atoms with van der Waals surface area (Å²) in [6.45, 7) is 3.59. The van der Waals surface area contributed by atoms with Gasteiger partial charge in [0, 0.05) is 0 Å². The summed E-state index contributed by atoms with van der Waals surface area (Å²) in [7, 11) is 1.80. The number of hydrogen-bond acceptors (Lipinski definition) is 2. The highest BCUT2D eigenvalue weighted by Gasteiger charge is 2.05. The largest absolute Gasteiger partial charge is 0.311 e. The third-order valence-electron chi connectivity index (χ3n) is 1.25. The first-order valence-corrected chi connectivity index (χ1v) is 2.90. The summed E-state index contributed by atoms with van der Waals surface area (Å²) >= 11 is 0. The van der Waals surface area contributed by atoms with E-state index in [9.17, 15) is 4.79 Å². The number of Topliss-reactive ketones (excluding diaryl/α,β-unsaturated/α-hetero) is 1. The maximum absolute atomic E-state index is 10.5. The first-order chi connectivity index (χ1) is 3.72. The van der Waals surface area contributed by atoms with Crippen LogP contribution in [0.5, 0.6) is 0 Å². The van der Waals surface area contributed by atoms with E-state index in [4.69, 9.17) is 0 Å². The quantitative estimate of drug-likeness (QED) is 0.623. The number of nitrogens with one attached hydrogen (secondary N) is 1. The van der Waals surface area contributed by atoms with E-state index in [2.05, 4.69) is 5.32 Å². The van der Waals surface area contributed by atoms with E-state index < -0.39 is 0 Å². The number of ketones is 1. The van der Waals surface area contributed by atoms with Gasteiger partial charge >= 0.3 is 0 Å². The Kier molecular flexibility index (Phi) is 7.32. The molecule has 0 aliphatic heterocycles. The second-order valence-electron chi connectivity index (χ2n) is 1.86. The summed E-state index contributed by atoms with van der Waals surface area (Å²) in [6, 6.07) is 0.0648. The molecule has 0 aromatic carbocycles. The highest BCUT2D eigenvalue weighted by molar-refractivity contribution is 5.81. The second kappa shape index (κ2) is 5.76. The van der Waals surface area contributed by atoms with Gasteiger partial charge < -0.3 is 5.32 Å². The van der Waals surface area contributed by atoms with Gasteiger partial charge in [0.05, 0.1) is 6.04 Å². The fourth-order valence-electron chi connectivity index (χ4n) is 0.695. The molecule has 0 bridgehead atoms. The Bertz CT molecular complexity index is 77.0. The van der Waals surface area contributed by atoms with Gasteiger partial charge in [-0.3, -0.25) is 4.79 Å². The van der Waals surface area contributed by atoms with Gasteiger partial charge in [0.25, 0.3) is 0 Å². The van der Waals surface area contributed by atoms with E-state index in [1.807, 2.05) is 6.92 Å². The van der Waals surface area contributed by atoms with Crippen LogP contribution in [0.15, 0.2) is 0 Å². The van der Waals surface area contributed by atoms with Crippen LogP contribution in [0, 0.1) is 0 Å². The van der Waals surface area contributed by atoms with Gasteiger partial charge in [-0.1, -0.05) is 14.4 Å². The minimum atomic E-state index is 0. The van der Waals surface area contributed by atoms with Gasteiger partial charge in [-0.25, -0.2) is 0 Å². The average Bonchev–Trinajstić information content (AvgIpc) is 1.69. The molecule has 56 valence electrons. The number of carbonyl (C=O) groups is 1. The van der Waals surface area contributed by atoms with E-state index in [-0.39, 0.29) is 19.3 Å². The molecule has 0 aliphatic rings. The highest BCUT2D eigenvalue weighted by Crippen LogP contribution is 1.88. The van der Waals surface area contributed by atoms with Crippen LogP contribution in [0.3, 0.4) is 0 Å². The Morgan fingerprint density at radius 3 is 2.11 bits per heavy atom. The fourth-order valence-corrected chi connectivity index (χ4v) is 0.695. The van der Waals surface area contributed by atoms with Crippen molar-refractivity contribution in [3.05, 3.63) is 0 Å². The van der Waals surface area contributed by atoms with E-state index in [0.717, 1.165) is 6.42 Å². The fraction of sp³-hybridized carbons (Fsp3) is 0.857. The molecule has 0 aromatic rings. The minimum Gasteiger partial charge on any atom is -0.311 e. The zero-order chi connectivity index (χ0) is 6.57. The predicted octanol–water partition coefficient (Wildman–Crippen LogP) is 1.21. The average molecular weight is 131 g/mol. The summed E-state index contributed by atoms with van der Waals surface area (Å²) < 4.78 is 0. The Morgan fingerprint density at radius 2 is 2.11 bits per heavy atom. The second-order valence-corrected chi connectivity index (χ2v) is 1.86. The van der Waals surface area contributed by atoms with Crippen molar-refractivity contribution in [3.63, 3.8) is 0 Å². The monoisotopic (exact) mass is 131 g/mol. The van der Waals surface area contributed by atoms with Crippen molar-refractivity contribution in [1.29, 1.82) is 0 Å². The molecular formula is C7H17NO. The van der Waals surface area contributed by atoms with Crippen LogP contribution < -0.4 is 5.32 Å². The van der Waals surface area contributed by atoms with E-state index in [0.29, 0.717) is 0 Å². The maximum atomic E-state index is 10.5. The summed E-state index contributed by atoms with van der Waals surface area (Å²) in [5, 5.41) is 2.90. The first kappa shape index (κ1) is 11.4. The predicted molar refractivity (Wildman–Crippen MR) is 40.6 cm³/mol. The lowest BCUT2D eigenvalue weighted by atomic mass is 10.1. The van der Waals surface area contributed by atoms with Crippen LogP contribution in [0.25, 0.3) is 0 Å². The molecule has 9 heavy (non-hydrogen) atoms. The highest BCUT2D eigenvalue weighted by atomic mass is 16.1. The minimum absolute atomic E-state index is 0. The molecule has 0 aromatic heterocycles. The third kappa shape index (κ3) is 4.15. The van der Waals surface area contributed by atoms with Gasteiger partial charge in [-0.15, -0.1) is 0 Å². The third-order valence-corrected chi connectivity index (χ3v) is 1.25. The number of rotatable bonds is 3. The van der Waals surface area contributed by atoms with Crippen molar-refractivity contribution in [2.75, 3.05) is 7.05 Å². The maximum Gasteiger partial charge on any atom is 0.146 e. The summed E-state index contributed by atoms with van der Waals surface area (Å²) in [6.07, 6.45) is 0.881. The Hall–Kier alpha value is -0.370. The zero-order valence-corrected chi connectivity index (χ0v) is 5.69. The van der Waals surface area contributed by atoms with Gasteiger partial charge in [-0.05, 0) is 20.4 Å². The molecule has 0 saturated heterocycles. The van der Waals surface area contributed by atoms with Gasteiger partial charge in [0.2, 0.25) is 0 Å². The topological polar surface area (TPSA) is 29.1 Å². The van der Waals surface area contributed by atoms with Crippen LogP contribution in [-0.2, 0) is 4.79 Å². The first-order valence-electron chi connectivity index (χ1n) is 2.90. The van der Waals surface area contributed by atoms with Crippen molar-refractivity contribution in [1.82, 2.24) is 5.32 Å². The van der Waals surface area contributed by atoms with Crippen LogP contribution in [-0.4, -0.2) is 18.9 Å². The molecule has 0 aliphatic carbocycles. The lowest BCUT2D eigenvalue weighted by Crippen LogP contribution is -2.31.